The molecule has 0 aromatic carbocycles. The van der Waals surface area contributed by atoms with E-state index < -0.39 is 36.4 Å². The van der Waals surface area contributed by atoms with E-state index >= 15 is 0 Å². The molecule has 0 spiro atoms. The molecule has 1 rings (SSSR count). The monoisotopic (exact) mass is 288 g/mol. The number of nitrogens with one attached hydrogen (secondary N) is 1. The van der Waals surface area contributed by atoms with Crippen molar-refractivity contribution >= 4 is 17.9 Å². The fourth-order valence-corrected chi connectivity index (χ4v) is 1.02. The maximum absolute atomic E-state index is 10.3. The SMILES string of the molecule is O=C(O)CC(O)(CC(=O)O)C(=O)O.O=c1ccnc[nH]1. The van der Waals surface area contributed by atoms with Crippen molar-refractivity contribution in [2.24, 2.45) is 0 Å². The van der Waals surface area contributed by atoms with Crippen molar-refractivity contribution in [1.29, 1.82) is 0 Å². The summed E-state index contributed by atoms with van der Waals surface area (Å²) in [5.74, 6) is -5.02. The van der Waals surface area contributed by atoms with Crippen LogP contribution >= 0.6 is 0 Å². The molecule has 10 heteroatoms. The summed E-state index contributed by atoms with van der Waals surface area (Å²) in [6.45, 7) is 0. The van der Waals surface area contributed by atoms with E-state index in [9.17, 15) is 19.2 Å². The summed E-state index contributed by atoms with van der Waals surface area (Å²) in [6, 6.07) is 1.36. The number of aliphatic carboxylic acids is 3. The molecule has 1 heterocycles. The highest BCUT2D eigenvalue weighted by Crippen LogP contribution is 2.15. The molecule has 0 radical (unpaired) electrons. The summed E-state index contributed by atoms with van der Waals surface area (Å²) in [5, 5.41) is 33.8. The lowest BCUT2D eigenvalue weighted by atomic mass is 9.96. The van der Waals surface area contributed by atoms with Crippen LogP contribution in [0.25, 0.3) is 0 Å². The van der Waals surface area contributed by atoms with Crippen molar-refractivity contribution in [2.45, 2.75) is 18.4 Å². The lowest BCUT2D eigenvalue weighted by molar-refractivity contribution is -0.170. The number of carboxylic acid groups (broad SMARTS) is 3. The summed E-state index contributed by atoms with van der Waals surface area (Å²) in [4.78, 5) is 46.6. The number of nitrogens with zero attached hydrogens (tertiary/aromatic N) is 1. The first-order valence-corrected chi connectivity index (χ1v) is 5.05. The molecule has 110 valence electrons. The largest absolute Gasteiger partial charge is 0.481 e. The minimum absolute atomic E-state index is 0.116. The number of hydrogen-bond acceptors (Lipinski definition) is 6. The molecule has 1 aromatic rings. The van der Waals surface area contributed by atoms with Crippen LogP contribution in [0.4, 0.5) is 0 Å². The van der Waals surface area contributed by atoms with Crippen LogP contribution in [0.3, 0.4) is 0 Å². The van der Waals surface area contributed by atoms with E-state index in [1.54, 1.807) is 0 Å². The van der Waals surface area contributed by atoms with Gasteiger partial charge in [-0.05, 0) is 0 Å². The Bertz CT molecular complexity index is 505. The van der Waals surface area contributed by atoms with Gasteiger partial charge < -0.3 is 25.4 Å². The van der Waals surface area contributed by atoms with Crippen LogP contribution in [0.15, 0.2) is 23.4 Å². The highest BCUT2D eigenvalue weighted by molar-refractivity contribution is 5.88. The average Bonchev–Trinajstić information content (AvgIpc) is 2.28. The number of rotatable bonds is 5. The number of aromatic nitrogens is 2. The summed E-state index contributed by atoms with van der Waals surface area (Å²) in [6.07, 6.45) is 0.504. The Morgan fingerprint density at radius 2 is 1.65 bits per heavy atom. The maximum Gasteiger partial charge on any atom is 0.336 e. The Kier molecular flexibility index (Phi) is 6.58. The first-order valence-electron chi connectivity index (χ1n) is 5.05. The third-order valence-electron chi connectivity index (χ3n) is 1.88. The Labute approximate surface area is 111 Å². The Hall–Kier alpha value is -2.75. The highest BCUT2D eigenvalue weighted by atomic mass is 16.4. The van der Waals surface area contributed by atoms with Crippen LogP contribution in [0.1, 0.15) is 12.8 Å². The molecule has 0 aliphatic rings. The first kappa shape index (κ1) is 17.2. The third-order valence-corrected chi connectivity index (χ3v) is 1.88. The van der Waals surface area contributed by atoms with Gasteiger partial charge in [0, 0.05) is 12.3 Å². The minimum Gasteiger partial charge on any atom is -0.481 e. The second kappa shape index (κ2) is 7.63. The van der Waals surface area contributed by atoms with Crippen LogP contribution in [0, 0.1) is 0 Å². The van der Waals surface area contributed by atoms with Crippen molar-refractivity contribution in [3.63, 3.8) is 0 Å². The molecule has 5 N–H and O–H groups in total. The normalized spacial score (nSPS) is 10.1. The van der Waals surface area contributed by atoms with Gasteiger partial charge in [0.2, 0.25) is 0 Å². The molecule has 0 aliphatic carbocycles. The molecule has 1 aromatic heterocycles. The third kappa shape index (κ3) is 6.86. The molecule has 0 aliphatic heterocycles. The topological polar surface area (TPSA) is 178 Å². The number of aromatic amines is 1. The van der Waals surface area contributed by atoms with Crippen LogP contribution in [0.2, 0.25) is 0 Å². The summed E-state index contributed by atoms with van der Waals surface area (Å²) >= 11 is 0. The van der Waals surface area contributed by atoms with E-state index in [1.807, 2.05) is 0 Å². The van der Waals surface area contributed by atoms with Crippen LogP contribution in [-0.2, 0) is 14.4 Å². The van der Waals surface area contributed by atoms with Gasteiger partial charge in [-0.1, -0.05) is 0 Å². The van der Waals surface area contributed by atoms with E-state index in [-0.39, 0.29) is 5.56 Å². The molecule has 0 unspecified atom stereocenters. The predicted octanol–water partition coefficient (Wildman–Crippen LogP) is -1.48. The lowest BCUT2D eigenvalue weighted by Crippen LogP contribution is -2.42. The smallest absolute Gasteiger partial charge is 0.336 e. The maximum atomic E-state index is 10.3. The molecule has 20 heavy (non-hydrogen) atoms. The van der Waals surface area contributed by atoms with Crippen LogP contribution in [-0.4, -0.2) is 53.9 Å². The van der Waals surface area contributed by atoms with E-state index in [1.165, 1.54) is 18.6 Å². The zero-order chi connectivity index (χ0) is 15.8. The molecule has 0 saturated heterocycles. The van der Waals surface area contributed by atoms with Gasteiger partial charge >= 0.3 is 17.9 Å². The highest BCUT2D eigenvalue weighted by Gasteiger charge is 2.40. The van der Waals surface area contributed by atoms with Gasteiger partial charge in [0.15, 0.2) is 5.60 Å². The van der Waals surface area contributed by atoms with Gasteiger partial charge in [0.05, 0.1) is 19.2 Å². The molecule has 0 amide bonds. The van der Waals surface area contributed by atoms with Crippen LogP contribution in [0.5, 0.6) is 0 Å². The summed E-state index contributed by atoms with van der Waals surface area (Å²) < 4.78 is 0. The van der Waals surface area contributed by atoms with Gasteiger partial charge in [-0.2, -0.15) is 0 Å². The molecule has 0 saturated carbocycles. The summed E-state index contributed by atoms with van der Waals surface area (Å²) in [7, 11) is 0. The fourth-order valence-electron chi connectivity index (χ4n) is 1.02. The molecule has 10 nitrogen and oxygen atoms in total. The van der Waals surface area contributed by atoms with E-state index in [2.05, 4.69) is 9.97 Å². The van der Waals surface area contributed by atoms with E-state index in [0.717, 1.165) is 0 Å². The predicted molar refractivity (Wildman–Crippen MR) is 61.9 cm³/mol. The first-order chi connectivity index (χ1) is 9.17. The van der Waals surface area contributed by atoms with Gasteiger partial charge in [0.1, 0.15) is 0 Å². The number of aliphatic hydroxyl groups is 1. The zero-order valence-electron chi connectivity index (χ0n) is 10.0. The molecule has 0 atom stereocenters. The molecular formula is C10H12N2O8. The molecule has 0 fully saturated rings. The van der Waals surface area contributed by atoms with Crippen molar-refractivity contribution in [3.05, 3.63) is 28.9 Å². The minimum atomic E-state index is -2.74. The number of H-pyrrole nitrogens is 1. The van der Waals surface area contributed by atoms with E-state index in [4.69, 9.17) is 20.4 Å². The van der Waals surface area contributed by atoms with Gasteiger partial charge in [-0.3, -0.25) is 14.4 Å². The number of carbonyl (C=O) groups is 3. The van der Waals surface area contributed by atoms with Crippen molar-refractivity contribution < 1.29 is 34.8 Å². The van der Waals surface area contributed by atoms with Crippen molar-refractivity contribution in [1.82, 2.24) is 9.97 Å². The molecular weight excluding hydrogens is 276 g/mol. The zero-order valence-corrected chi connectivity index (χ0v) is 10.0. The summed E-state index contributed by atoms with van der Waals surface area (Å²) in [5.41, 5.74) is -2.85. The number of carboxylic acids is 3. The van der Waals surface area contributed by atoms with Crippen molar-refractivity contribution in [3.8, 4) is 0 Å². The second-order valence-electron chi connectivity index (χ2n) is 3.58. The van der Waals surface area contributed by atoms with Crippen molar-refractivity contribution in [2.75, 3.05) is 0 Å². The lowest BCUT2D eigenvalue weighted by Gasteiger charge is -2.18. The quantitative estimate of drug-likeness (QED) is 0.432. The Balaban J connectivity index is 0.000000428. The van der Waals surface area contributed by atoms with Gasteiger partial charge in [0.25, 0.3) is 5.56 Å². The second-order valence-corrected chi connectivity index (χ2v) is 3.58. The standard InChI is InChI=1S/C6H8O7.C4H4N2O/c7-3(8)1-6(13,5(11)12)2-4(9)10;7-4-1-2-5-3-6-4/h13H,1-2H2,(H,7,8)(H,9,10)(H,11,12);1-3H,(H,5,6,7). The molecule has 0 bridgehead atoms. The Morgan fingerprint density at radius 1 is 1.15 bits per heavy atom. The van der Waals surface area contributed by atoms with Gasteiger partial charge in [-0.15, -0.1) is 0 Å². The Morgan fingerprint density at radius 3 is 1.85 bits per heavy atom. The average molecular weight is 288 g/mol. The van der Waals surface area contributed by atoms with Crippen LogP contribution < -0.4 is 5.56 Å². The van der Waals surface area contributed by atoms with E-state index in [0.29, 0.717) is 0 Å². The number of hydrogen-bond donors (Lipinski definition) is 5. The fraction of sp³-hybridized carbons (Fsp3) is 0.300. The van der Waals surface area contributed by atoms with Gasteiger partial charge in [-0.25, -0.2) is 9.78 Å².